The molecule has 0 saturated carbocycles. The van der Waals surface area contributed by atoms with Crippen molar-refractivity contribution in [3.8, 4) is 11.1 Å². The van der Waals surface area contributed by atoms with Crippen molar-refractivity contribution in [2.45, 2.75) is 22.8 Å². The highest BCUT2D eigenvalue weighted by Crippen LogP contribution is 2.34. The highest BCUT2D eigenvalue weighted by Gasteiger charge is 2.15. The summed E-state index contributed by atoms with van der Waals surface area (Å²) in [6, 6.07) is 12.4. The third-order valence-corrected chi connectivity index (χ3v) is 6.22. The van der Waals surface area contributed by atoms with Gasteiger partial charge in [-0.05, 0) is 43.2 Å². The Balaban J connectivity index is 1.57. The SMILES string of the molecule is C/N=C\c1cnn2cc(-c3ccc(N4CCCC4)nc3)cc(Sc3ccccn3)c12. The van der Waals surface area contributed by atoms with E-state index in [0.717, 1.165) is 51.0 Å². The van der Waals surface area contributed by atoms with Gasteiger partial charge in [0.1, 0.15) is 10.8 Å². The summed E-state index contributed by atoms with van der Waals surface area (Å²) in [7, 11) is 1.77. The molecule has 0 bridgehead atoms. The highest BCUT2D eigenvalue weighted by atomic mass is 32.2. The third kappa shape index (κ3) is 3.68. The standard InChI is InChI=1S/C23H22N6S/c1-24-13-19-15-27-29-16-18(12-20(23(19)29)30-22-6-2-3-9-25-22)17-7-8-21(26-14-17)28-10-4-5-11-28/h2-3,6-9,12-16H,4-5,10-11H2,1H3/b24-13-. The molecule has 7 heteroatoms. The second-order valence-electron chi connectivity index (χ2n) is 7.24. The molecule has 1 fully saturated rings. The zero-order chi connectivity index (χ0) is 20.3. The summed E-state index contributed by atoms with van der Waals surface area (Å²) in [6.45, 7) is 2.19. The molecule has 4 aromatic rings. The van der Waals surface area contributed by atoms with Crippen LogP contribution in [0.3, 0.4) is 0 Å². The van der Waals surface area contributed by atoms with Crippen LogP contribution in [0.2, 0.25) is 0 Å². The zero-order valence-corrected chi connectivity index (χ0v) is 17.6. The van der Waals surface area contributed by atoms with E-state index in [9.17, 15) is 0 Å². The highest BCUT2D eigenvalue weighted by molar-refractivity contribution is 7.99. The van der Waals surface area contributed by atoms with Gasteiger partial charge in [-0.15, -0.1) is 0 Å². The molecule has 5 rings (SSSR count). The maximum atomic E-state index is 4.72. The van der Waals surface area contributed by atoms with Crippen LogP contribution in [0.1, 0.15) is 18.4 Å². The molecule has 0 amide bonds. The van der Waals surface area contributed by atoms with Crippen molar-refractivity contribution in [3.63, 3.8) is 0 Å². The predicted octanol–water partition coefficient (Wildman–Crippen LogP) is 4.59. The lowest BCUT2D eigenvalue weighted by atomic mass is 10.1. The van der Waals surface area contributed by atoms with Gasteiger partial charge < -0.3 is 4.90 Å². The van der Waals surface area contributed by atoms with E-state index in [4.69, 9.17) is 4.98 Å². The van der Waals surface area contributed by atoms with Crippen LogP contribution in [0, 0.1) is 0 Å². The number of aromatic nitrogens is 4. The van der Waals surface area contributed by atoms with Crippen molar-refractivity contribution in [1.82, 2.24) is 19.6 Å². The number of aliphatic imine (C=N–C) groups is 1. The fourth-order valence-corrected chi connectivity index (χ4v) is 4.77. The van der Waals surface area contributed by atoms with E-state index in [1.54, 1.807) is 18.8 Å². The van der Waals surface area contributed by atoms with Gasteiger partial charge in [-0.3, -0.25) is 4.99 Å². The van der Waals surface area contributed by atoms with Gasteiger partial charge in [-0.2, -0.15) is 5.10 Å². The fraction of sp³-hybridized carbons (Fsp3) is 0.217. The number of fused-ring (bicyclic) bond motifs is 1. The summed E-state index contributed by atoms with van der Waals surface area (Å²) in [6.07, 6.45) is 12.0. The van der Waals surface area contributed by atoms with Crippen LogP contribution in [0.15, 0.2) is 76.1 Å². The Hall–Kier alpha value is -3.19. The van der Waals surface area contributed by atoms with E-state index in [2.05, 4.69) is 44.4 Å². The van der Waals surface area contributed by atoms with Crippen molar-refractivity contribution in [1.29, 1.82) is 0 Å². The van der Waals surface area contributed by atoms with Crippen LogP contribution in [0.25, 0.3) is 16.6 Å². The molecule has 0 N–H and O–H groups in total. The number of pyridine rings is 3. The number of nitrogens with zero attached hydrogens (tertiary/aromatic N) is 6. The molecule has 1 aliphatic rings. The van der Waals surface area contributed by atoms with Gasteiger partial charge in [0.25, 0.3) is 0 Å². The molecule has 5 heterocycles. The number of hydrogen-bond donors (Lipinski definition) is 0. The monoisotopic (exact) mass is 414 g/mol. The molecule has 4 aromatic heterocycles. The third-order valence-electron chi connectivity index (χ3n) is 5.24. The lowest BCUT2D eigenvalue weighted by Gasteiger charge is -2.16. The molecule has 150 valence electrons. The number of anilines is 1. The molecule has 1 aliphatic heterocycles. The van der Waals surface area contributed by atoms with Crippen molar-refractivity contribution >= 4 is 29.3 Å². The summed E-state index contributed by atoms with van der Waals surface area (Å²) in [5.74, 6) is 1.06. The molecule has 0 aliphatic carbocycles. The second kappa shape index (κ2) is 8.28. The molecule has 1 saturated heterocycles. The normalized spacial score (nSPS) is 14.2. The minimum absolute atomic E-state index is 0.944. The maximum absolute atomic E-state index is 4.72. The number of hydrogen-bond acceptors (Lipinski definition) is 6. The summed E-state index contributed by atoms with van der Waals surface area (Å²) >= 11 is 1.63. The first kappa shape index (κ1) is 18.8. The van der Waals surface area contributed by atoms with Crippen LogP contribution in [0.4, 0.5) is 5.82 Å². The van der Waals surface area contributed by atoms with E-state index in [0.29, 0.717) is 0 Å². The molecule has 0 aromatic carbocycles. The smallest absolute Gasteiger partial charge is 0.128 e. The Bertz CT molecular complexity index is 1180. The van der Waals surface area contributed by atoms with E-state index >= 15 is 0 Å². The maximum Gasteiger partial charge on any atom is 0.128 e. The van der Waals surface area contributed by atoms with E-state index < -0.39 is 0 Å². The average Bonchev–Trinajstić information content (AvgIpc) is 3.46. The first-order valence-corrected chi connectivity index (χ1v) is 10.9. The first-order chi connectivity index (χ1) is 14.8. The van der Waals surface area contributed by atoms with Crippen molar-refractivity contribution in [2.75, 3.05) is 25.0 Å². The van der Waals surface area contributed by atoms with Gasteiger partial charge in [0.05, 0.1) is 11.7 Å². The van der Waals surface area contributed by atoms with E-state index in [1.165, 1.54) is 12.8 Å². The Morgan fingerprint density at radius 3 is 2.67 bits per heavy atom. The molecule has 0 atom stereocenters. The zero-order valence-electron chi connectivity index (χ0n) is 16.8. The molecular weight excluding hydrogens is 392 g/mol. The van der Waals surface area contributed by atoms with Gasteiger partial charge in [-0.1, -0.05) is 17.8 Å². The summed E-state index contributed by atoms with van der Waals surface area (Å²) in [5.41, 5.74) is 4.17. The largest absolute Gasteiger partial charge is 0.357 e. The van der Waals surface area contributed by atoms with Crippen LogP contribution in [-0.2, 0) is 0 Å². The Labute approximate surface area is 179 Å². The molecule has 0 unspecified atom stereocenters. The van der Waals surface area contributed by atoms with Crippen molar-refractivity contribution < 1.29 is 0 Å². The lowest BCUT2D eigenvalue weighted by molar-refractivity contribution is 0.936. The Kier molecular flexibility index (Phi) is 5.19. The van der Waals surface area contributed by atoms with E-state index in [-0.39, 0.29) is 0 Å². The van der Waals surface area contributed by atoms with Gasteiger partial charge >= 0.3 is 0 Å². The van der Waals surface area contributed by atoms with Gasteiger partial charge in [0.15, 0.2) is 0 Å². The minimum Gasteiger partial charge on any atom is -0.357 e. The van der Waals surface area contributed by atoms with Crippen LogP contribution in [0.5, 0.6) is 0 Å². The van der Waals surface area contributed by atoms with Gasteiger partial charge in [-0.25, -0.2) is 14.5 Å². The average molecular weight is 415 g/mol. The summed E-state index contributed by atoms with van der Waals surface area (Å²) in [4.78, 5) is 16.8. The first-order valence-electron chi connectivity index (χ1n) is 10.1. The topological polar surface area (TPSA) is 58.7 Å². The molecular formula is C23H22N6S. The molecule has 0 spiro atoms. The van der Waals surface area contributed by atoms with Crippen LogP contribution in [-0.4, -0.2) is 45.9 Å². The quantitative estimate of drug-likeness (QED) is 0.447. The Morgan fingerprint density at radius 2 is 1.93 bits per heavy atom. The van der Waals surface area contributed by atoms with Crippen LogP contribution >= 0.6 is 11.8 Å². The van der Waals surface area contributed by atoms with E-state index in [1.807, 2.05) is 47.5 Å². The van der Waals surface area contributed by atoms with Crippen molar-refractivity contribution in [2.24, 2.45) is 4.99 Å². The summed E-state index contributed by atoms with van der Waals surface area (Å²) < 4.78 is 1.92. The van der Waals surface area contributed by atoms with Gasteiger partial charge in [0, 0.05) is 66.5 Å². The Morgan fingerprint density at radius 1 is 1.03 bits per heavy atom. The van der Waals surface area contributed by atoms with Crippen LogP contribution < -0.4 is 4.90 Å². The predicted molar refractivity (Wildman–Crippen MR) is 122 cm³/mol. The van der Waals surface area contributed by atoms with Crippen molar-refractivity contribution in [3.05, 3.63) is 66.7 Å². The minimum atomic E-state index is 0.944. The lowest BCUT2D eigenvalue weighted by Crippen LogP contribution is -2.18. The van der Waals surface area contributed by atoms with Gasteiger partial charge in [0.2, 0.25) is 0 Å². The second-order valence-corrected chi connectivity index (χ2v) is 8.30. The summed E-state index contributed by atoms with van der Waals surface area (Å²) in [5, 5.41) is 5.51. The molecule has 0 radical (unpaired) electrons. The fourth-order valence-electron chi connectivity index (χ4n) is 3.79. The number of rotatable bonds is 5. The molecule has 6 nitrogen and oxygen atoms in total. The molecule has 30 heavy (non-hydrogen) atoms.